The zero-order valence-corrected chi connectivity index (χ0v) is 9.07. The molecule has 0 aromatic heterocycles. The molecule has 1 aromatic rings. The van der Waals surface area contributed by atoms with Gasteiger partial charge in [0.2, 0.25) is 0 Å². The minimum absolute atomic E-state index is 0.186. The first kappa shape index (κ1) is 11.2. The Kier molecular flexibility index (Phi) is 3.67. The molecule has 0 aliphatic rings. The van der Waals surface area contributed by atoms with Crippen LogP contribution in [0.2, 0.25) is 0 Å². The highest BCUT2D eigenvalue weighted by molar-refractivity contribution is 5.24. The average molecular weight is 193 g/mol. The normalized spacial score (nSPS) is 15.6. The van der Waals surface area contributed by atoms with E-state index < -0.39 is 6.10 Å². The number of aliphatic hydroxyl groups excluding tert-OH is 1. The second-order valence-corrected chi connectivity index (χ2v) is 4.17. The molecular formula is C12H19NO. The molecule has 2 heteroatoms. The number of aryl methyl sites for hydroxylation is 1. The van der Waals surface area contributed by atoms with Crippen molar-refractivity contribution in [3.8, 4) is 0 Å². The van der Waals surface area contributed by atoms with Gasteiger partial charge in [-0.15, -0.1) is 0 Å². The van der Waals surface area contributed by atoms with E-state index in [4.69, 9.17) is 5.73 Å². The molecule has 1 rings (SSSR count). The first-order valence-corrected chi connectivity index (χ1v) is 5.02. The van der Waals surface area contributed by atoms with Crippen LogP contribution in [0.5, 0.6) is 0 Å². The zero-order chi connectivity index (χ0) is 10.7. The van der Waals surface area contributed by atoms with Crippen molar-refractivity contribution in [2.45, 2.75) is 32.9 Å². The summed E-state index contributed by atoms with van der Waals surface area (Å²) < 4.78 is 0. The van der Waals surface area contributed by atoms with Gasteiger partial charge in [-0.2, -0.15) is 0 Å². The van der Waals surface area contributed by atoms with Crippen molar-refractivity contribution in [2.75, 3.05) is 0 Å². The fourth-order valence-electron chi connectivity index (χ4n) is 1.40. The highest BCUT2D eigenvalue weighted by Crippen LogP contribution is 2.19. The van der Waals surface area contributed by atoms with Crippen LogP contribution in [0.25, 0.3) is 0 Å². The minimum atomic E-state index is -0.474. The van der Waals surface area contributed by atoms with Gasteiger partial charge in [-0.1, -0.05) is 43.7 Å². The van der Waals surface area contributed by atoms with E-state index in [9.17, 15) is 5.11 Å². The summed E-state index contributed by atoms with van der Waals surface area (Å²) in [6.45, 7) is 5.98. The fraction of sp³-hybridized carbons (Fsp3) is 0.500. The Morgan fingerprint density at radius 2 is 1.64 bits per heavy atom. The summed E-state index contributed by atoms with van der Waals surface area (Å²) in [5.74, 6) is 0.186. The van der Waals surface area contributed by atoms with E-state index in [1.807, 2.05) is 45.0 Å². The molecule has 0 heterocycles. The number of benzene rings is 1. The smallest absolute Gasteiger partial charge is 0.0755 e. The number of nitrogens with two attached hydrogens (primary N) is 1. The Balaban J connectivity index is 2.78. The van der Waals surface area contributed by atoms with E-state index in [-0.39, 0.29) is 12.0 Å². The molecule has 2 unspecified atom stereocenters. The third-order valence-corrected chi connectivity index (χ3v) is 2.51. The van der Waals surface area contributed by atoms with Crippen LogP contribution in [-0.2, 0) is 0 Å². The Hall–Kier alpha value is -0.860. The van der Waals surface area contributed by atoms with Crippen molar-refractivity contribution < 1.29 is 5.11 Å². The monoisotopic (exact) mass is 193 g/mol. The first-order valence-electron chi connectivity index (χ1n) is 5.02. The summed E-state index contributed by atoms with van der Waals surface area (Å²) in [7, 11) is 0. The maximum Gasteiger partial charge on any atom is 0.0755 e. The SMILES string of the molecule is Cc1ccc(C(N)C(O)C(C)C)cc1. The van der Waals surface area contributed by atoms with Gasteiger partial charge in [0.25, 0.3) is 0 Å². The summed E-state index contributed by atoms with van der Waals surface area (Å²) in [4.78, 5) is 0. The molecule has 1 aromatic carbocycles. The van der Waals surface area contributed by atoms with E-state index in [0.717, 1.165) is 5.56 Å². The van der Waals surface area contributed by atoms with E-state index in [1.165, 1.54) is 5.56 Å². The lowest BCUT2D eigenvalue weighted by atomic mass is 9.94. The Morgan fingerprint density at radius 3 is 2.07 bits per heavy atom. The van der Waals surface area contributed by atoms with E-state index in [1.54, 1.807) is 0 Å². The predicted molar refractivity (Wildman–Crippen MR) is 59.0 cm³/mol. The molecule has 2 nitrogen and oxygen atoms in total. The van der Waals surface area contributed by atoms with Gasteiger partial charge in [0.05, 0.1) is 12.1 Å². The Bertz CT molecular complexity index is 279. The Labute approximate surface area is 85.8 Å². The molecule has 0 bridgehead atoms. The van der Waals surface area contributed by atoms with E-state index in [2.05, 4.69) is 0 Å². The molecule has 14 heavy (non-hydrogen) atoms. The van der Waals surface area contributed by atoms with Crippen molar-refractivity contribution in [3.63, 3.8) is 0 Å². The molecule has 0 aliphatic heterocycles. The van der Waals surface area contributed by atoms with Gasteiger partial charge in [-0.3, -0.25) is 0 Å². The molecule has 0 spiro atoms. The van der Waals surface area contributed by atoms with Crippen LogP contribution in [0.4, 0.5) is 0 Å². The van der Waals surface area contributed by atoms with Gasteiger partial charge in [0.15, 0.2) is 0 Å². The lowest BCUT2D eigenvalue weighted by molar-refractivity contribution is 0.0979. The van der Waals surface area contributed by atoms with Crippen LogP contribution in [-0.4, -0.2) is 11.2 Å². The molecule has 0 saturated carbocycles. The number of rotatable bonds is 3. The molecule has 0 saturated heterocycles. The van der Waals surface area contributed by atoms with E-state index >= 15 is 0 Å². The molecule has 0 fully saturated rings. The van der Waals surface area contributed by atoms with Gasteiger partial charge >= 0.3 is 0 Å². The summed E-state index contributed by atoms with van der Waals surface area (Å²) in [6, 6.07) is 7.71. The predicted octanol–water partition coefficient (Wildman–Crippen LogP) is 2.01. The van der Waals surface area contributed by atoms with Crippen molar-refractivity contribution >= 4 is 0 Å². The van der Waals surface area contributed by atoms with Gasteiger partial charge in [0, 0.05) is 0 Å². The highest BCUT2D eigenvalue weighted by atomic mass is 16.3. The first-order chi connectivity index (χ1) is 6.52. The standard InChI is InChI=1S/C12H19NO/c1-8(2)12(14)11(13)10-6-4-9(3)5-7-10/h4-8,11-12,14H,13H2,1-3H3. The van der Waals surface area contributed by atoms with Crippen molar-refractivity contribution in [3.05, 3.63) is 35.4 Å². The topological polar surface area (TPSA) is 46.2 Å². The lowest BCUT2D eigenvalue weighted by Crippen LogP contribution is -2.30. The Morgan fingerprint density at radius 1 is 1.14 bits per heavy atom. The lowest BCUT2D eigenvalue weighted by Gasteiger charge is -2.22. The number of hydrogen-bond acceptors (Lipinski definition) is 2. The van der Waals surface area contributed by atoms with Crippen molar-refractivity contribution in [1.29, 1.82) is 0 Å². The minimum Gasteiger partial charge on any atom is -0.391 e. The maximum absolute atomic E-state index is 9.79. The molecule has 3 N–H and O–H groups in total. The summed E-state index contributed by atoms with van der Waals surface area (Å²) in [6.07, 6.45) is -0.474. The van der Waals surface area contributed by atoms with Gasteiger partial charge < -0.3 is 10.8 Å². The van der Waals surface area contributed by atoms with E-state index in [0.29, 0.717) is 0 Å². The fourth-order valence-corrected chi connectivity index (χ4v) is 1.40. The second kappa shape index (κ2) is 4.58. The van der Waals surface area contributed by atoms with Gasteiger partial charge in [-0.05, 0) is 18.4 Å². The number of hydrogen-bond donors (Lipinski definition) is 2. The molecule has 2 atom stereocenters. The van der Waals surface area contributed by atoms with Gasteiger partial charge in [-0.25, -0.2) is 0 Å². The highest BCUT2D eigenvalue weighted by Gasteiger charge is 2.19. The summed E-state index contributed by atoms with van der Waals surface area (Å²) in [5, 5.41) is 9.79. The van der Waals surface area contributed by atoms with Crippen LogP contribution in [0.15, 0.2) is 24.3 Å². The quantitative estimate of drug-likeness (QED) is 0.771. The molecule has 0 radical (unpaired) electrons. The third-order valence-electron chi connectivity index (χ3n) is 2.51. The van der Waals surface area contributed by atoms with Crippen LogP contribution in [0.1, 0.15) is 31.0 Å². The van der Waals surface area contributed by atoms with Crippen LogP contribution < -0.4 is 5.73 Å². The molecule has 78 valence electrons. The average Bonchev–Trinajstić information content (AvgIpc) is 2.16. The third kappa shape index (κ3) is 2.56. The number of aliphatic hydroxyl groups is 1. The van der Waals surface area contributed by atoms with Gasteiger partial charge in [0.1, 0.15) is 0 Å². The second-order valence-electron chi connectivity index (χ2n) is 4.17. The molecule has 0 amide bonds. The van der Waals surface area contributed by atoms with Crippen LogP contribution in [0, 0.1) is 12.8 Å². The van der Waals surface area contributed by atoms with Crippen LogP contribution in [0.3, 0.4) is 0 Å². The van der Waals surface area contributed by atoms with Crippen molar-refractivity contribution in [2.24, 2.45) is 11.7 Å². The summed E-state index contributed by atoms with van der Waals surface area (Å²) >= 11 is 0. The molecular weight excluding hydrogens is 174 g/mol. The maximum atomic E-state index is 9.79. The molecule has 0 aliphatic carbocycles. The van der Waals surface area contributed by atoms with Crippen molar-refractivity contribution in [1.82, 2.24) is 0 Å². The summed E-state index contributed by atoms with van der Waals surface area (Å²) in [5.41, 5.74) is 8.14. The van der Waals surface area contributed by atoms with Crippen LogP contribution >= 0.6 is 0 Å². The largest absolute Gasteiger partial charge is 0.391 e. The zero-order valence-electron chi connectivity index (χ0n) is 9.07.